The van der Waals surface area contributed by atoms with Gasteiger partial charge in [0.25, 0.3) is 0 Å². The van der Waals surface area contributed by atoms with E-state index in [9.17, 15) is 0 Å². The molecule has 7 nitrogen and oxygen atoms in total. The van der Waals surface area contributed by atoms with E-state index < -0.39 is 0 Å². The third-order valence-corrected chi connectivity index (χ3v) is 3.03. The topological polar surface area (TPSA) is 76.3 Å². The van der Waals surface area contributed by atoms with E-state index in [0.29, 0.717) is 24.5 Å². The molecule has 0 saturated heterocycles. The molecule has 2 aromatic heterocycles. The van der Waals surface area contributed by atoms with Gasteiger partial charge in [0.15, 0.2) is 0 Å². The number of nitrogens with one attached hydrogen (secondary N) is 1. The standard InChI is InChI=1S/C14H21N5O2/c1-5-7-15-12-16-13(18-14(17-12)20-4)19(3)9-11-6-8-21-10(11)2/h6,8H,5,7,9H2,1-4H3,(H,15,16,17,18). The molecule has 0 saturated carbocycles. The van der Waals surface area contributed by atoms with Crippen LogP contribution in [0.15, 0.2) is 16.7 Å². The van der Waals surface area contributed by atoms with Gasteiger partial charge in [-0.15, -0.1) is 0 Å². The Balaban J connectivity index is 2.18. The van der Waals surface area contributed by atoms with E-state index in [2.05, 4.69) is 27.2 Å². The fourth-order valence-corrected chi connectivity index (χ4v) is 1.83. The van der Waals surface area contributed by atoms with Crippen LogP contribution in [0.4, 0.5) is 11.9 Å². The summed E-state index contributed by atoms with van der Waals surface area (Å²) in [6, 6.07) is 2.25. The van der Waals surface area contributed by atoms with E-state index in [-0.39, 0.29) is 0 Å². The normalized spacial score (nSPS) is 10.5. The summed E-state index contributed by atoms with van der Waals surface area (Å²) < 4.78 is 10.4. The predicted molar refractivity (Wildman–Crippen MR) is 80.7 cm³/mol. The summed E-state index contributed by atoms with van der Waals surface area (Å²) >= 11 is 0. The number of methoxy groups -OCH3 is 1. The molecule has 0 amide bonds. The summed E-state index contributed by atoms with van der Waals surface area (Å²) in [4.78, 5) is 14.8. The first-order valence-electron chi connectivity index (χ1n) is 6.92. The average Bonchev–Trinajstić information content (AvgIpc) is 2.90. The fraction of sp³-hybridized carbons (Fsp3) is 0.500. The van der Waals surface area contributed by atoms with Gasteiger partial charge in [-0.3, -0.25) is 0 Å². The van der Waals surface area contributed by atoms with E-state index in [0.717, 1.165) is 24.3 Å². The Bertz CT molecular complexity index is 584. The van der Waals surface area contributed by atoms with Crippen molar-refractivity contribution in [2.75, 3.05) is 30.9 Å². The first-order valence-corrected chi connectivity index (χ1v) is 6.92. The number of nitrogens with zero attached hydrogens (tertiary/aromatic N) is 4. The molecular weight excluding hydrogens is 270 g/mol. The zero-order valence-corrected chi connectivity index (χ0v) is 12.9. The molecule has 0 atom stereocenters. The molecule has 2 rings (SSSR count). The molecular formula is C14H21N5O2. The van der Waals surface area contributed by atoms with Gasteiger partial charge in [-0.05, 0) is 19.4 Å². The van der Waals surface area contributed by atoms with Gasteiger partial charge in [0.2, 0.25) is 11.9 Å². The van der Waals surface area contributed by atoms with Gasteiger partial charge in [-0.2, -0.15) is 15.0 Å². The van der Waals surface area contributed by atoms with Crippen LogP contribution in [0, 0.1) is 6.92 Å². The Labute approximate surface area is 124 Å². The zero-order valence-electron chi connectivity index (χ0n) is 12.9. The van der Waals surface area contributed by atoms with Crippen molar-refractivity contribution in [3.8, 4) is 6.01 Å². The van der Waals surface area contributed by atoms with Crippen molar-refractivity contribution < 1.29 is 9.15 Å². The van der Waals surface area contributed by atoms with E-state index in [1.165, 1.54) is 0 Å². The first-order chi connectivity index (χ1) is 10.1. The second-order valence-corrected chi connectivity index (χ2v) is 4.73. The van der Waals surface area contributed by atoms with Gasteiger partial charge in [0.1, 0.15) is 5.76 Å². The van der Waals surface area contributed by atoms with E-state index in [1.54, 1.807) is 13.4 Å². The van der Waals surface area contributed by atoms with Gasteiger partial charge in [-0.25, -0.2) is 0 Å². The Morgan fingerprint density at radius 3 is 2.76 bits per heavy atom. The number of hydrogen-bond acceptors (Lipinski definition) is 7. The van der Waals surface area contributed by atoms with E-state index in [1.807, 2.05) is 24.9 Å². The number of rotatable bonds is 7. The molecule has 0 radical (unpaired) electrons. The lowest BCUT2D eigenvalue weighted by Crippen LogP contribution is -2.21. The highest BCUT2D eigenvalue weighted by Gasteiger charge is 2.12. The highest BCUT2D eigenvalue weighted by atomic mass is 16.5. The highest BCUT2D eigenvalue weighted by Crippen LogP contribution is 2.17. The SMILES string of the molecule is CCCNc1nc(OC)nc(N(C)Cc2ccoc2C)n1. The van der Waals surface area contributed by atoms with Crippen LogP contribution in [0.2, 0.25) is 0 Å². The Kier molecular flexibility index (Phi) is 4.97. The van der Waals surface area contributed by atoms with Crippen molar-refractivity contribution in [1.82, 2.24) is 15.0 Å². The van der Waals surface area contributed by atoms with Crippen LogP contribution in [-0.4, -0.2) is 35.7 Å². The number of anilines is 2. The van der Waals surface area contributed by atoms with Crippen LogP contribution >= 0.6 is 0 Å². The molecule has 114 valence electrons. The van der Waals surface area contributed by atoms with Crippen LogP contribution in [0.1, 0.15) is 24.7 Å². The minimum absolute atomic E-state index is 0.300. The van der Waals surface area contributed by atoms with E-state index in [4.69, 9.17) is 9.15 Å². The third-order valence-electron chi connectivity index (χ3n) is 3.03. The van der Waals surface area contributed by atoms with Crippen molar-refractivity contribution in [3.63, 3.8) is 0 Å². The van der Waals surface area contributed by atoms with Crippen LogP contribution in [0.25, 0.3) is 0 Å². The van der Waals surface area contributed by atoms with Crippen LogP contribution < -0.4 is 15.0 Å². The van der Waals surface area contributed by atoms with Crippen LogP contribution in [-0.2, 0) is 6.54 Å². The zero-order chi connectivity index (χ0) is 15.2. The molecule has 0 fully saturated rings. The molecule has 2 aromatic rings. The Morgan fingerprint density at radius 2 is 2.14 bits per heavy atom. The van der Waals surface area contributed by atoms with Crippen molar-refractivity contribution in [3.05, 3.63) is 23.7 Å². The maximum Gasteiger partial charge on any atom is 0.322 e. The maximum atomic E-state index is 5.31. The molecule has 0 aliphatic rings. The lowest BCUT2D eigenvalue weighted by Gasteiger charge is -2.17. The summed E-state index contributed by atoms with van der Waals surface area (Å²) in [5, 5.41) is 3.15. The number of aryl methyl sites for hydroxylation is 1. The molecule has 0 aliphatic heterocycles. The molecule has 21 heavy (non-hydrogen) atoms. The monoisotopic (exact) mass is 291 g/mol. The van der Waals surface area contributed by atoms with E-state index >= 15 is 0 Å². The fourth-order valence-electron chi connectivity index (χ4n) is 1.83. The summed E-state index contributed by atoms with van der Waals surface area (Å²) in [6.45, 7) is 5.48. The molecule has 0 bridgehead atoms. The minimum atomic E-state index is 0.300. The molecule has 0 unspecified atom stereocenters. The third kappa shape index (κ3) is 3.84. The molecule has 0 aliphatic carbocycles. The average molecular weight is 291 g/mol. The van der Waals surface area contributed by atoms with Crippen LogP contribution in [0.3, 0.4) is 0 Å². The molecule has 0 aromatic carbocycles. The summed E-state index contributed by atoms with van der Waals surface area (Å²) in [6.07, 6.45) is 2.67. The van der Waals surface area contributed by atoms with Gasteiger partial charge < -0.3 is 19.4 Å². The molecule has 1 N–H and O–H groups in total. The smallest absolute Gasteiger partial charge is 0.322 e. The highest BCUT2D eigenvalue weighted by molar-refractivity contribution is 5.38. The molecule has 7 heteroatoms. The van der Waals surface area contributed by atoms with Gasteiger partial charge >= 0.3 is 6.01 Å². The van der Waals surface area contributed by atoms with Crippen molar-refractivity contribution in [2.45, 2.75) is 26.8 Å². The van der Waals surface area contributed by atoms with Gasteiger partial charge in [0, 0.05) is 25.7 Å². The summed E-state index contributed by atoms with van der Waals surface area (Å²) in [7, 11) is 3.47. The predicted octanol–water partition coefficient (Wildman–Crippen LogP) is 2.24. The molecule has 0 spiro atoms. The summed E-state index contributed by atoms with van der Waals surface area (Å²) in [5.41, 5.74) is 1.10. The largest absolute Gasteiger partial charge is 0.469 e. The Hall–Kier alpha value is -2.31. The minimum Gasteiger partial charge on any atom is -0.469 e. The molecule has 2 heterocycles. The number of hydrogen-bond donors (Lipinski definition) is 1. The van der Waals surface area contributed by atoms with Crippen molar-refractivity contribution in [2.24, 2.45) is 0 Å². The lowest BCUT2D eigenvalue weighted by atomic mass is 10.2. The lowest BCUT2D eigenvalue weighted by molar-refractivity contribution is 0.379. The number of ether oxygens (including phenoxy) is 1. The number of aromatic nitrogens is 3. The quantitative estimate of drug-likeness (QED) is 0.838. The van der Waals surface area contributed by atoms with Crippen molar-refractivity contribution >= 4 is 11.9 Å². The van der Waals surface area contributed by atoms with Crippen LogP contribution in [0.5, 0.6) is 6.01 Å². The van der Waals surface area contributed by atoms with Gasteiger partial charge in [0.05, 0.1) is 13.4 Å². The maximum absolute atomic E-state index is 5.31. The second kappa shape index (κ2) is 6.92. The summed E-state index contributed by atoms with van der Waals surface area (Å²) in [5.74, 6) is 1.97. The number of furan rings is 1. The Morgan fingerprint density at radius 1 is 1.33 bits per heavy atom. The first kappa shape index (κ1) is 15.1. The second-order valence-electron chi connectivity index (χ2n) is 4.73. The van der Waals surface area contributed by atoms with Crippen molar-refractivity contribution in [1.29, 1.82) is 0 Å². The van der Waals surface area contributed by atoms with Gasteiger partial charge in [-0.1, -0.05) is 6.92 Å².